The van der Waals surface area contributed by atoms with E-state index in [9.17, 15) is 18.0 Å². The third-order valence-corrected chi connectivity index (χ3v) is 6.34. The summed E-state index contributed by atoms with van der Waals surface area (Å²) < 4.78 is 32.8. The average Bonchev–Trinajstić information content (AvgIpc) is 2.82. The van der Waals surface area contributed by atoms with Crippen molar-refractivity contribution in [3.05, 3.63) is 89.5 Å². The number of sulfonamides is 1. The van der Waals surface area contributed by atoms with Gasteiger partial charge < -0.3 is 15.4 Å². The second-order valence-electron chi connectivity index (χ2n) is 7.60. The van der Waals surface area contributed by atoms with Crippen LogP contribution in [0.25, 0.3) is 0 Å². The Morgan fingerprint density at radius 2 is 1.65 bits per heavy atom. The molecule has 178 valence electrons. The Hall–Kier alpha value is -3.69. The predicted molar refractivity (Wildman–Crippen MR) is 132 cm³/mol. The fraction of sp³-hybridized carbons (Fsp3) is 0.200. The molecule has 0 unspecified atom stereocenters. The number of aryl methyl sites for hydroxylation is 1. The number of hydrogen-bond acceptors (Lipinski definition) is 5. The minimum absolute atomic E-state index is 0.124. The molecule has 0 atom stereocenters. The van der Waals surface area contributed by atoms with Gasteiger partial charge >= 0.3 is 0 Å². The highest BCUT2D eigenvalue weighted by Crippen LogP contribution is 2.20. The summed E-state index contributed by atoms with van der Waals surface area (Å²) in [5.41, 5.74) is 2.10. The summed E-state index contributed by atoms with van der Waals surface area (Å²) in [6.07, 6.45) is 0.669. The highest BCUT2D eigenvalue weighted by Gasteiger charge is 2.17. The van der Waals surface area contributed by atoms with Gasteiger partial charge in [-0.25, -0.2) is 8.42 Å². The molecule has 3 rings (SSSR count). The van der Waals surface area contributed by atoms with E-state index in [1.165, 1.54) is 18.2 Å². The van der Waals surface area contributed by atoms with Crippen molar-refractivity contribution in [2.45, 2.75) is 18.2 Å². The van der Waals surface area contributed by atoms with E-state index in [-0.39, 0.29) is 22.1 Å². The van der Waals surface area contributed by atoms with Gasteiger partial charge in [-0.1, -0.05) is 35.9 Å². The van der Waals surface area contributed by atoms with Crippen LogP contribution in [-0.4, -0.2) is 40.5 Å². The van der Waals surface area contributed by atoms with Crippen molar-refractivity contribution in [2.75, 3.05) is 30.3 Å². The minimum Gasteiger partial charge on any atom is -0.385 e. The first-order chi connectivity index (χ1) is 16.3. The first-order valence-corrected chi connectivity index (χ1v) is 12.2. The van der Waals surface area contributed by atoms with Crippen LogP contribution in [0.4, 0.5) is 11.4 Å². The zero-order chi connectivity index (χ0) is 24.6. The lowest BCUT2D eigenvalue weighted by atomic mass is 10.1. The zero-order valence-electron chi connectivity index (χ0n) is 19.0. The summed E-state index contributed by atoms with van der Waals surface area (Å²) in [5, 5.41) is 5.53. The zero-order valence-corrected chi connectivity index (χ0v) is 19.8. The van der Waals surface area contributed by atoms with Crippen LogP contribution in [-0.2, 0) is 14.8 Å². The molecule has 3 aromatic rings. The number of amides is 2. The number of ether oxygens (including phenoxy) is 1. The normalized spacial score (nSPS) is 11.0. The second-order valence-corrected chi connectivity index (χ2v) is 9.28. The number of carbonyl (C=O) groups is 2. The van der Waals surface area contributed by atoms with Gasteiger partial charge in [0.05, 0.1) is 16.1 Å². The Morgan fingerprint density at radius 3 is 2.38 bits per heavy atom. The maximum Gasteiger partial charge on any atom is 0.261 e. The molecule has 0 saturated carbocycles. The lowest BCUT2D eigenvalue weighted by Gasteiger charge is -2.13. The van der Waals surface area contributed by atoms with E-state index in [4.69, 9.17) is 4.74 Å². The van der Waals surface area contributed by atoms with E-state index in [0.717, 1.165) is 5.56 Å². The van der Waals surface area contributed by atoms with Gasteiger partial charge in [0.15, 0.2) is 0 Å². The van der Waals surface area contributed by atoms with Crippen molar-refractivity contribution >= 4 is 33.2 Å². The van der Waals surface area contributed by atoms with E-state index in [0.29, 0.717) is 30.8 Å². The third-order valence-electron chi connectivity index (χ3n) is 4.94. The van der Waals surface area contributed by atoms with Gasteiger partial charge in [-0.2, -0.15) is 0 Å². The number of methoxy groups -OCH3 is 1. The summed E-state index contributed by atoms with van der Waals surface area (Å²) in [6.45, 7) is 2.84. The van der Waals surface area contributed by atoms with E-state index in [1.54, 1.807) is 61.7 Å². The van der Waals surface area contributed by atoms with Crippen LogP contribution in [0.2, 0.25) is 0 Å². The molecule has 0 radical (unpaired) electrons. The second kappa shape index (κ2) is 11.4. The summed E-state index contributed by atoms with van der Waals surface area (Å²) >= 11 is 0. The SMILES string of the molecule is COCCCNC(=O)c1ccccc1NC(=O)c1cccc(NS(=O)(=O)c2ccc(C)cc2)c1. The lowest BCUT2D eigenvalue weighted by Crippen LogP contribution is -2.26. The van der Waals surface area contributed by atoms with Crippen LogP contribution in [0.3, 0.4) is 0 Å². The van der Waals surface area contributed by atoms with Crippen molar-refractivity contribution in [2.24, 2.45) is 0 Å². The number of benzene rings is 3. The van der Waals surface area contributed by atoms with Crippen LogP contribution in [0.1, 0.15) is 32.7 Å². The molecular formula is C25H27N3O5S. The molecule has 0 aliphatic rings. The quantitative estimate of drug-likeness (QED) is 0.381. The molecule has 0 aliphatic carbocycles. The van der Waals surface area contributed by atoms with Gasteiger partial charge in [0, 0.05) is 31.5 Å². The van der Waals surface area contributed by atoms with Crippen molar-refractivity contribution in [3.8, 4) is 0 Å². The van der Waals surface area contributed by atoms with Gasteiger partial charge in [-0.3, -0.25) is 14.3 Å². The highest BCUT2D eigenvalue weighted by atomic mass is 32.2. The summed E-state index contributed by atoms with van der Waals surface area (Å²) in [6, 6.07) is 19.3. The summed E-state index contributed by atoms with van der Waals surface area (Å²) in [4.78, 5) is 25.5. The fourth-order valence-electron chi connectivity index (χ4n) is 3.15. The Labute approximate surface area is 199 Å². The van der Waals surface area contributed by atoms with Crippen LogP contribution < -0.4 is 15.4 Å². The molecule has 0 heterocycles. The molecular weight excluding hydrogens is 454 g/mol. The Kier molecular flexibility index (Phi) is 8.39. The van der Waals surface area contributed by atoms with Gasteiger partial charge in [0.25, 0.3) is 21.8 Å². The molecule has 2 amide bonds. The molecule has 9 heteroatoms. The maximum absolute atomic E-state index is 12.9. The van der Waals surface area contributed by atoms with E-state index < -0.39 is 15.9 Å². The van der Waals surface area contributed by atoms with Crippen molar-refractivity contribution in [3.63, 3.8) is 0 Å². The first kappa shape index (κ1) is 24.9. The van der Waals surface area contributed by atoms with Crippen LogP contribution in [0, 0.1) is 6.92 Å². The standard InChI is InChI=1S/C25H27N3O5S/c1-18-11-13-21(14-12-18)34(31,32)28-20-8-5-7-19(17-20)24(29)27-23-10-4-3-9-22(23)25(30)26-15-6-16-33-2/h3-5,7-14,17,28H,6,15-16H2,1-2H3,(H,26,30)(H,27,29). The number of carbonyl (C=O) groups excluding carboxylic acids is 2. The predicted octanol–water partition coefficient (Wildman–Crippen LogP) is 3.81. The molecule has 0 bridgehead atoms. The van der Waals surface area contributed by atoms with Gasteiger partial charge in [0.1, 0.15) is 0 Å². The molecule has 0 spiro atoms. The topological polar surface area (TPSA) is 114 Å². The van der Waals surface area contributed by atoms with Crippen molar-refractivity contribution in [1.29, 1.82) is 0 Å². The summed E-state index contributed by atoms with van der Waals surface area (Å²) in [7, 11) is -2.21. The lowest BCUT2D eigenvalue weighted by molar-refractivity contribution is 0.0949. The molecule has 3 aromatic carbocycles. The molecule has 8 nitrogen and oxygen atoms in total. The van der Waals surface area contributed by atoms with E-state index in [2.05, 4.69) is 15.4 Å². The number of hydrogen-bond donors (Lipinski definition) is 3. The molecule has 3 N–H and O–H groups in total. The minimum atomic E-state index is -3.81. The van der Waals surface area contributed by atoms with Crippen molar-refractivity contribution < 1.29 is 22.7 Å². The molecule has 0 saturated heterocycles. The fourth-order valence-corrected chi connectivity index (χ4v) is 4.20. The summed E-state index contributed by atoms with van der Waals surface area (Å²) in [5.74, 6) is -0.789. The molecule has 0 aromatic heterocycles. The Bertz CT molecular complexity index is 1260. The number of rotatable bonds is 10. The van der Waals surface area contributed by atoms with E-state index in [1.807, 2.05) is 6.92 Å². The smallest absolute Gasteiger partial charge is 0.261 e. The highest BCUT2D eigenvalue weighted by molar-refractivity contribution is 7.92. The molecule has 0 aliphatic heterocycles. The first-order valence-electron chi connectivity index (χ1n) is 10.7. The molecule has 34 heavy (non-hydrogen) atoms. The van der Waals surface area contributed by atoms with Gasteiger partial charge in [-0.05, 0) is 55.8 Å². The Morgan fingerprint density at radius 1 is 0.912 bits per heavy atom. The number of nitrogens with one attached hydrogen (secondary N) is 3. The number of anilines is 2. The van der Waals surface area contributed by atoms with Crippen LogP contribution in [0.5, 0.6) is 0 Å². The monoisotopic (exact) mass is 481 g/mol. The van der Waals surface area contributed by atoms with Gasteiger partial charge in [-0.15, -0.1) is 0 Å². The molecule has 0 fully saturated rings. The maximum atomic E-state index is 12.9. The number of para-hydroxylation sites is 1. The largest absolute Gasteiger partial charge is 0.385 e. The van der Waals surface area contributed by atoms with Gasteiger partial charge in [0.2, 0.25) is 0 Å². The Balaban J connectivity index is 1.73. The van der Waals surface area contributed by atoms with Crippen molar-refractivity contribution in [1.82, 2.24) is 5.32 Å². The third kappa shape index (κ3) is 6.66. The average molecular weight is 482 g/mol. The van der Waals surface area contributed by atoms with Crippen LogP contribution in [0.15, 0.2) is 77.7 Å². The van der Waals surface area contributed by atoms with Crippen LogP contribution >= 0.6 is 0 Å². The van der Waals surface area contributed by atoms with E-state index >= 15 is 0 Å².